The number of anilines is 1. The highest BCUT2D eigenvalue weighted by Gasteiger charge is 2.27. The SMILES string of the molecule is O=C(CSc1ccccc1C(=O)O[C@H]1CCCCC1=O)Nc1ccc(F)cc1. The van der Waals surface area contributed by atoms with E-state index < -0.39 is 12.1 Å². The quantitative estimate of drug-likeness (QED) is 0.579. The molecule has 1 amide bonds. The van der Waals surface area contributed by atoms with E-state index in [4.69, 9.17) is 4.74 Å². The molecule has 1 saturated carbocycles. The molecule has 5 nitrogen and oxygen atoms in total. The number of benzene rings is 2. The van der Waals surface area contributed by atoms with Gasteiger partial charge in [0.1, 0.15) is 5.82 Å². The van der Waals surface area contributed by atoms with E-state index in [9.17, 15) is 18.8 Å². The summed E-state index contributed by atoms with van der Waals surface area (Å²) in [7, 11) is 0. The Labute approximate surface area is 166 Å². The van der Waals surface area contributed by atoms with Gasteiger partial charge in [-0.25, -0.2) is 9.18 Å². The number of esters is 1. The van der Waals surface area contributed by atoms with E-state index in [1.54, 1.807) is 24.3 Å². The first-order chi connectivity index (χ1) is 13.5. The lowest BCUT2D eigenvalue weighted by Gasteiger charge is -2.21. The predicted octanol–water partition coefficient (Wildman–Crippen LogP) is 4.23. The van der Waals surface area contributed by atoms with Gasteiger partial charge < -0.3 is 10.1 Å². The van der Waals surface area contributed by atoms with Gasteiger partial charge in [-0.2, -0.15) is 0 Å². The zero-order chi connectivity index (χ0) is 19.9. The van der Waals surface area contributed by atoms with Gasteiger partial charge in [-0.05, 0) is 55.7 Å². The zero-order valence-corrected chi connectivity index (χ0v) is 16.0. The Morgan fingerprint density at radius 1 is 1.11 bits per heavy atom. The summed E-state index contributed by atoms with van der Waals surface area (Å²) in [4.78, 5) is 37.1. The third-order valence-electron chi connectivity index (χ3n) is 4.34. The first kappa shape index (κ1) is 20.1. The summed E-state index contributed by atoms with van der Waals surface area (Å²) < 4.78 is 18.3. The molecule has 1 fully saturated rings. The molecule has 1 aliphatic carbocycles. The molecular weight excluding hydrogens is 381 g/mol. The number of carbonyl (C=O) groups excluding carboxylic acids is 3. The van der Waals surface area contributed by atoms with Gasteiger partial charge >= 0.3 is 5.97 Å². The first-order valence-corrected chi connectivity index (χ1v) is 10.0. The second kappa shape index (κ2) is 9.50. The lowest BCUT2D eigenvalue weighted by molar-refractivity contribution is -0.130. The van der Waals surface area contributed by atoms with Crippen molar-refractivity contribution < 1.29 is 23.5 Å². The molecule has 28 heavy (non-hydrogen) atoms. The molecular formula is C21H20FNO4S. The number of ether oxygens (including phenoxy) is 1. The first-order valence-electron chi connectivity index (χ1n) is 9.04. The lowest BCUT2D eigenvalue weighted by atomic mass is 9.96. The molecule has 0 aromatic heterocycles. The van der Waals surface area contributed by atoms with Crippen LogP contribution < -0.4 is 5.32 Å². The van der Waals surface area contributed by atoms with E-state index >= 15 is 0 Å². The summed E-state index contributed by atoms with van der Waals surface area (Å²) in [6, 6.07) is 12.3. The van der Waals surface area contributed by atoms with Gasteiger partial charge in [-0.1, -0.05) is 12.1 Å². The summed E-state index contributed by atoms with van der Waals surface area (Å²) in [6.45, 7) is 0. The van der Waals surface area contributed by atoms with Crippen molar-refractivity contribution in [3.05, 3.63) is 59.9 Å². The highest BCUT2D eigenvalue weighted by molar-refractivity contribution is 8.00. The van der Waals surface area contributed by atoms with Crippen molar-refractivity contribution in [2.24, 2.45) is 0 Å². The minimum atomic E-state index is -0.680. The number of nitrogens with one attached hydrogen (secondary N) is 1. The van der Waals surface area contributed by atoms with Gasteiger partial charge in [0.05, 0.1) is 11.3 Å². The average molecular weight is 401 g/mol. The van der Waals surface area contributed by atoms with Crippen LogP contribution in [0.3, 0.4) is 0 Å². The standard InChI is InChI=1S/C21H20FNO4S/c22-14-9-11-15(12-10-14)23-20(25)13-28-19-8-4-1-5-16(19)21(26)27-18-7-3-2-6-17(18)24/h1,4-5,8-12,18H,2-3,6-7,13H2,(H,23,25)/t18-/m0/s1. The fourth-order valence-electron chi connectivity index (χ4n) is 2.90. The monoisotopic (exact) mass is 401 g/mol. The molecule has 7 heteroatoms. The van der Waals surface area contributed by atoms with Crippen LogP contribution in [-0.2, 0) is 14.3 Å². The summed E-state index contributed by atoms with van der Waals surface area (Å²) in [5.74, 6) is -1.17. The molecule has 0 unspecified atom stereocenters. The third kappa shape index (κ3) is 5.42. The highest BCUT2D eigenvalue weighted by Crippen LogP contribution is 2.25. The lowest BCUT2D eigenvalue weighted by Crippen LogP contribution is -2.30. The topological polar surface area (TPSA) is 72.5 Å². The maximum atomic E-state index is 12.9. The maximum absolute atomic E-state index is 12.9. The molecule has 1 atom stereocenters. The molecule has 2 aromatic rings. The number of hydrogen-bond donors (Lipinski definition) is 1. The van der Waals surface area contributed by atoms with Gasteiger partial charge in [0.25, 0.3) is 0 Å². The highest BCUT2D eigenvalue weighted by atomic mass is 32.2. The minimum Gasteiger partial charge on any atom is -0.451 e. The Balaban J connectivity index is 1.60. The molecule has 0 aliphatic heterocycles. The van der Waals surface area contributed by atoms with E-state index in [1.807, 2.05) is 0 Å². The number of halogens is 1. The molecule has 1 aliphatic rings. The van der Waals surface area contributed by atoms with E-state index in [1.165, 1.54) is 36.0 Å². The largest absolute Gasteiger partial charge is 0.451 e. The molecule has 2 aromatic carbocycles. The van der Waals surface area contributed by atoms with Gasteiger partial charge in [0.15, 0.2) is 11.9 Å². The molecule has 0 heterocycles. The van der Waals surface area contributed by atoms with E-state index in [0.717, 1.165) is 12.8 Å². The number of carbonyl (C=O) groups is 3. The Morgan fingerprint density at radius 2 is 1.86 bits per heavy atom. The molecule has 0 radical (unpaired) electrons. The van der Waals surface area contributed by atoms with Crippen LogP contribution in [0.2, 0.25) is 0 Å². The summed E-state index contributed by atoms with van der Waals surface area (Å²) >= 11 is 1.20. The van der Waals surface area contributed by atoms with Crippen molar-refractivity contribution in [2.75, 3.05) is 11.1 Å². The number of amides is 1. The molecule has 0 bridgehead atoms. The van der Waals surface area contributed by atoms with Crippen LogP contribution in [0.25, 0.3) is 0 Å². The van der Waals surface area contributed by atoms with Crippen LogP contribution in [0.15, 0.2) is 53.4 Å². The van der Waals surface area contributed by atoms with Crippen LogP contribution in [0.4, 0.5) is 10.1 Å². The van der Waals surface area contributed by atoms with Crippen LogP contribution in [0.5, 0.6) is 0 Å². The summed E-state index contributed by atoms with van der Waals surface area (Å²) in [5.41, 5.74) is 0.830. The summed E-state index contributed by atoms with van der Waals surface area (Å²) in [6.07, 6.45) is 2.02. The Morgan fingerprint density at radius 3 is 2.61 bits per heavy atom. The van der Waals surface area contributed by atoms with E-state index in [-0.39, 0.29) is 23.3 Å². The number of ketones is 1. The van der Waals surface area contributed by atoms with Crippen molar-refractivity contribution in [3.63, 3.8) is 0 Å². The van der Waals surface area contributed by atoms with Crippen molar-refractivity contribution in [1.29, 1.82) is 0 Å². The van der Waals surface area contributed by atoms with Crippen LogP contribution in [0.1, 0.15) is 36.0 Å². The van der Waals surface area contributed by atoms with E-state index in [2.05, 4.69) is 5.32 Å². The van der Waals surface area contributed by atoms with Gasteiger partial charge in [0, 0.05) is 17.0 Å². The van der Waals surface area contributed by atoms with Crippen molar-refractivity contribution in [3.8, 4) is 0 Å². The molecule has 0 spiro atoms. The fraction of sp³-hybridized carbons (Fsp3) is 0.286. The van der Waals surface area contributed by atoms with Crippen LogP contribution >= 0.6 is 11.8 Å². The third-order valence-corrected chi connectivity index (χ3v) is 5.42. The molecule has 0 saturated heterocycles. The van der Waals surface area contributed by atoms with Crippen LogP contribution in [0, 0.1) is 5.82 Å². The molecule has 3 rings (SSSR count). The van der Waals surface area contributed by atoms with Gasteiger partial charge in [0.2, 0.25) is 5.91 Å². The van der Waals surface area contributed by atoms with Crippen molar-refractivity contribution >= 4 is 35.1 Å². The maximum Gasteiger partial charge on any atom is 0.339 e. The Hall–Kier alpha value is -2.67. The second-order valence-corrected chi connectivity index (χ2v) is 7.46. The number of Topliss-reactive ketones (excluding diaryl/α,β-unsaturated/α-hetero) is 1. The average Bonchev–Trinajstić information content (AvgIpc) is 2.70. The van der Waals surface area contributed by atoms with Crippen molar-refractivity contribution in [1.82, 2.24) is 0 Å². The number of thioether (sulfide) groups is 1. The molecule has 1 N–H and O–H groups in total. The number of hydrogen-bond acceptors (Lipinski definition) is 5. The molecule has 146 valence electrons. The minimum absolute atomic E-state index is 0.0385. The predicted molar refractivity (Wildman–Crippen MR) is 105 cm³/mol. The van der Waals surface area contributed by atoms with E-state index in [0.29, 0.717) is 29.0 Å². The zero-order valence-electron chi connectivity index (χ0n) is 15.2. The smallest absolute Gasteiger partial charge is 0.339 e. The van der Waals surface area contributed by atoms with Crippen LogP contribution in [-0.4, -0.2) is 29.5 Å². The number of rotatable bonds is 6. The fourth-order valence-corrected chi connectivity index (χ4v) is 3.74. The van der Waals surface area contributed by atoms with Gasteiger partial charge in [-0.15, -0.1) is 11.8 Å². The van der Waals surface area contributed by atoms with Gasteiger partial charge in [-0.3, -0.25) is 9.59 Å². The Bertz CT molecular complexity index is 869. The Kier molecular flexibility index (Phi) is 6.81. The normalized spacial score (nSPS) is 16.5. The van der Waals surface area contributed by atoms with Crippen molar-refractivity contribution in [2.45, 2.75) is 36.7 Å². The summed E-state index contributed by atoms with van der Waals surface area (Å²) in [5, 5.41) is 2.67. The second-order valence-electron chi connectivity index (χ2n) is 6.45.